The number of hydrogen-bond donors (Lipinski definition) is 2. The molecule has 0 aromatic heterocycles. The highest BCUT2D eigenvalue weighted by atomic mass is 16.6. The summed E-state index contributed by atoms with van der Waals surface area (Å²) in [5.41, 5.74) is 0.634. The number of nitrogens with zero attached hydrogens (tertiary/aromatic N) is 1. The Bertz CT molecular complexity index is 577. The van der Waals surface area contributed by atoms with E-state index in [0.29, 0.717) is 5.56 Å². The molecule has 2 N–H and O–H groups in total. The van der Waals surface area contributed by atoms with Gasteiger partial charge in [-0.1, -0.05) is 6.07 Å². The van der Waals surface area contributed by atoms with E-state index in [0.717, 1.165) is 6.08 Å². The maximum Gasteiger partial charge on any atom is 0.331 e. The normalized spacial score (nSPS) is 10.9. The maximum atomic E-state index is 11.5. The third-order valence-corrected chi connectivity index (χ3v) is 2.37. The molecule has 0 aliphatic heterocycles. The Balaban J connectivity index is 2.96. The van der Waals surface area contributed by atoms with Crippen LogP contribution in [0.25, 0.3) is 0 Å². The summed E-state index contributed by atoms with van der Waals surface area (Å²) in [6, 6.07) is 4.04. The number of nitro benzene ring substituents is 1. The van der Waals surface area contributed by atoms with Crippen molar-refractivity contribution in [1.82, 2.24) is 0 Å². The third-order valence-electron chi connectivity index (χ3n) is 2.37. The van der Waals surface area contributed by atoms with E-state index in [-0.39, 0.29) is 16.9 Å². The van der Waals surface area contributed by atoms with Gasteiger partial charge in [-0.2, -0.15) is 0 Å². The Kier molecular flexibility index (Phi) is 4.36. The molecule has 0 bridgehead atoms. The van der Waals surface area contributed by atoms with Crippen molar-refractivity contribution >= 4 is 23.3 Å². The van der Waals surface area contributed by atoms with E-state index >= 15 is 0 Å². The summed E-state index contributed by atoms with van der Waals surface area (Å²) >= 11 is 0. The molecule has 0 spiro atoms. The highest BCUT2D eigenvalue weighted by molar-refractivity contribution is 6.04. The van der Waals surface area contributed by atoms with Crippen molar-refractivity contribution in [3.63, 3.8) is 0 Å². The SMILES string of the molecule is C/C(=C\C(=O)Nc1cc([N+](=O)[O-])ccc1C)C(=O)O. The predicted molar refractivity (Wildman–Crippen MR) is 67.9 cm³/mol. The largest absolute Gasteiger partial charge is 0.478 e. The molecule has 0 aliphatic carbocycles. The van der Waals surface area contributed by atoms with E-state index in [2.05, 4.69) is 5.32 Å². The second-order valence-corrected chi connectivity index (χ2v) is 3.88. The topological polar surface area (TPSA) is 110 Å². The van der Waals surface area contributed by atoms with Crippen LogP contribution >= 0.6 is 0 Å². The number of amides is 1. The molecule has 0 fully saturated rings. The number of carboxylic acid groups (broad SMARTS) is 1. The van der Waals surface area contributed by atoms with Crippen molar-refractivity contribution in [3.8, 4) is 0 Å². The molecule has 0 atom stereocenters. The van der Waals surface area contributed by atoms with E-state index in [1.54, 1.807) is 6.92 Å². The number of aryl methyl sites for hydroxylation is 1. The van der Waals surface area contributed by atoms with Crippen molar-refractivity contribution in [1.29, 1.82) is 0 Å². The fourth-order valence-corrected chi connectivity index (χ4v) is 1.29. The summed E-state index contributed by atoms with van der Waals surface area (Å²) in [5, 5.41) is 21.7. The summed E-state index contributed by atoms with van der Waals surface area (Å²) < 4.78 is 0. The second kappa shape index (κ2) is 5.76. The molecule has 19 heavy (non-hydrogen) atoms. The van der Waals surface area contributed by atoms with Crippen LogP contribution in [0, 0.1) is 17.0 Å². The van der Waals surface area contributed by atoms with Crippen LogP contribution in [0.1, 0.15) is 12.5 Å². The van der Waals surface area contributed by atoms with Crippen LogP contribution in [0.3, 0.4) is 0 Å². The van der Waals surface area contributed by atoms with Gasteiger partial charge in [0, 0.05) is 23.8 Å². The molecule has 0 saturated heterocycles. The van der Waals surface area contributed by atoms with Crippen molar-refractivity contribution in [2.45, 2.75) is 13.8 Å². The van der Waals surface area contributed by atoms with Crippen molar-refractivity contribution in [2.24, 2.45) is 0 Å². The van der Waals surface area contributed by atoms with Crippen LogP contribution in [0.2, 0.25) is 0 Å². The summed E-state index contributed by atoms with van der Waals surface area (Å²) in [4.78, 5) is 32.1. The van der Waals surface area contributed by atoms with E-state index in [1.165, 1.54) is 25.1 Å². The smallest absolute Gasteiger partial charge is 0.331 e. The number of carbonyl (C=O) groups excluding carboxylic acids is 1. The Hall–Kier alpha value is -2.70. The van der Waals surface area contributed by atoms with E-state index < -0.39 is 16.8 Å². The minimum Gasteiger partial charge on any atom is -0.478 e. The number of non-ortho nitro benzene ring substituents is 1. The van der Waals surface area contributed by atoms with E-state index in [4.69, 9.17) is 5.11 Å². The minimum atomic E-state index is -1.20. The number of nitro groups is 1. The molecule has 100 valence electrons. The number of anilines is 1. The molecule has 0 aliphatic rings. The monoisotopic (exact) mass is 264 g/mol. The lowest BCUT2D eigenvalue weighted by Crippen LogP contribution is -2.11. The summed E-state index contributed by atoms with van der Waals surface area (Å²) in [6.45, 7) is 2.95. The summed E-state index contributed by atoms with van der Waals surface area (Å²) in [7, 11) is 0. The molecule has 1 rings (SSSR count). The Morgan fingerprint density at radius 1 is 1.42 bits per heavy atom. The first kappa shape index (κ1) is 14.4. The van der Waals surface area contributed by atoms with Gasteiger partial charge < -0.3 is 10.4 Å². The first-order valence-corrected chi connectivity index (χ1v) is 5.29. The lowest BCUT2D eigenvalue weighted by molar-refractivity contribution is -0.384. The van der Waals surface area contributed by atoms with Gasteiger partial charge in [0.1, 0.15) is 0 Å². The lowest BCUT2D eigenvalue weighted by atomic mass is 10.1. The Morgan fingerprint density at radius 2 is 2.05 bits per heavy atom. The number of aliphatic carboxylic acids is 1. The number of nitrogens with one attached hydrogen (secondary N) is 1. The zero-order chi connectivity index (χ0) is 14.6. The molecule has 0 saturated carbocycles. The quantitative estimate of drug-likeness (QED) is 0.490. The highest BCUT2D eigenvalue weighted by Gasteiger charge is 2.11. The number of benzene rings is 1. The van der Waals surface area contributed by atoms with Crippen molar-refractivity contribution in [3.05, 3.63) is 45.5 Å². The van der Waals surface area contributed by atoms with Gasteiger partial charge in [0.25, 0.3) is 5.69 Å². The van der Waals surface area contributed by atoms with E-state index in [1.807, 2.05) is 0 Å². The summed E-state index contributed by atoms with van der Waals surface area (Å²) in [5.74, 6) is -1.85. The molecule has 0 unspecified atom stereocenters. The summed E-state index contributed by atoms with van der Waals surface area (Å²) in [6.07, 6.45) is 0.917. The van der Waals surface area contributed by atoms with Gasteiger partial charge in [0.15, 0.2) is 0 Å². The van der Waals surface area contributed by atoms with Gasteiger partial charge in [-0.05, 0) is 19.4 Å². The van der Waals surface area contributed by atoms with Crippen molar-refractivity contribution in [2.75, 3.05) is 5.32 Å². The highest BCUT2D eigenvalue weighted by Crippen LogP contribution is 2.21. The number of rotatable bonds is 4. The second-order valence-electron chi connectivity index (χ2n) is 3.88. The molecule has 1 aromatic carbocycles. The zero-order valence-electron chi connectivity index (χ0n) is 10.3. The average Bonchev–Trinajstić information content (AvgIpc) is 2.31. The average molecular weight is 264 g/mol. The molecular weight excluding hydrogens is 252 g/mol. The van der Waals surface area contributed by atoms with Crippen LogP contribution in [-0.4, -0.2) is 21.9 Å². The van der Waals surface area contributed by atoms with Crippen LogP contribution in [0.5, 0.6) is 0 Å². The van der Waals surface area contributed by atoms with Gasteiger partial charge in [0.2, 0.25) is 5.91 Å². The maximum absolute atomic E-state index is 11.5. The molecule has 7 heteroatoms. The molecule has 7 nitrogen and oxygen atoms in total. The van der Waals surface area contributed by atoms with Gasteiger partial charge in [-0.3, -0.25) is 14.9 Å². The van der Waals surface area contributed by atoms with Crippen LogP contribution in [0.4, 0.5) is 11.4 Å². The minimum absolute atomic E-state index is 0.124. The zero-order valence-corrected chi connectivity index (χ0v) is 10.3. The number of hydrogen-bond acceptors (Lipinski definition) is 4. The van der Waals surface area contributed by atoms with Crippen LogP contribution in [0.15, 0.2) is 29.8 Å². The fourth-order valence-electron chi connectivity index (χ4n) is 1.29. The third kappa shape index (κ3) is 3.91. The Labute approximate surface area is 108 Å². The molecular formula is C12H12N2O5. The molecule has 1 amide bonds. The van der Waals surface area contributed by atoms with Gasteiger partial charge >= 0.3 is 5.97 Å². The van der Waals surface area contributed by atoms with Crippen LogP contribution < -0.4 is 5.32 Å². The molecule has 0 radical (unpaired) electrons. The van der Waals surface area contributed by atoms with Gasteiger partial charge in [-0.15, -0.1) is 0 Å². The van der Waals surface area contributed by atoms with Gasteiger partial charge in [0.05, 0.1) is 10.6 Å². The fraction of sp³-hybridized carbons (Fsp3) is 0.167. The number of carbonyl (C=O) groups is 2. The predicted octanol–water partition coefficient (Wildman–Crippen LogP) is 1.87. The van der Waals surface area contributed by atoms with Crippen molar-refractivity contribution < 1.29 is 19.6 Å². The molecule has 1 aromatic rings. The lowest BCUT2D eigenvalue weighted by Gasteiger charge is -2.06. The van der Waals surface area contributed by atoms with E-state index in [9.17, 15) is 19.7 Å². The first-order chi connectivity index (χ1) is 8.81. The number of carboxylic acids is 1. The van der Waals surface area contributed by atoms with Gasteiger partial charge in [-0.25, -0.2) is 4.79 Å². The first-order valence-electron chi connectivity index (χ1n) is 5.29. The Morgan fingerprint density at radius 3 is 2.58 bits per heavy atom. The van der Waals surface area contributed by atoms with Crippen LogP contribution in [-0.2, 0) is 9.59 Å². The standard InChI is InChI=1S/C12H12N2O5/c1-7-3-4-9(14(18)19)6-10(7)13-11(15)5-8(2)12(16)17/h3-6H,1-2H3,(H,13,15)(H,16,17)/b8-5+. The molecule has 0 heterocycles.